The van der Waals surface area contributed by atoms with E-state index in [1.807, 2.05) is 61.2 Å². The zero-order valence-corrected chi connectivity index (χ0v) is 14.4. The molecule has 4 nitrogen and oxygen atoms in total. The zero-order valence-electron chi connectivity index (χ0n) is 14.4. The predicted octanol–water partition coefficient (Wildman–Crippen LogP) is 4.43. The molecule has 3 aromatic rings. The van der Waals surface area contributed by atoms with Gasteiger partial charge in [0.15, 0.2) is 5.58 Å². The molecule has 1 heterocycles. The molecule has 0 aliphatic rings. The largest absolute Gasteiger partial charge is 0.356 e. The van der Waals surface area contributed by atoms with E-state index >= 15 is 0 Å². The van der Waals surface area contributed by atoms with Gasteiger partial charge in [-0.25, -0.2) is 0 Å². The average Bonchev–Trinajstić information content (AvgIpc) is 2.95. The van der Waals surface area contributed by atoms with E-state index in [9.17, 15) is 4.79 Å². The number of benzene rings is 2. The highest BCUT2D eigenvalue weighted by atomic mass is 16.5. The molecule has 0 atom stereocenters. The van der Waals surface area contributed by atoms with Crippen molar-refractivity contribution in [1.82, 2.24) is 5.16 Å². The highest BCUT2D eigenvalue weighted by Gasteiger charge is 2.20. The fraction of sp³-hybridized carbons (Fsp3) is 0.300. The Balaban J connectivity index is 1.90. The lowest BCUT2D eigenvalue weighted by molar-refractivity contribution is -0.118. The van der Waals surface area contributed by atoms with Crippen molar-refractivity contribution in [3.05, 3.63) is 59.3 Å². The van der Waals surface area contributed by atoms with E-state index in [-0.39, 0.29) is 12.3 Å². The minimum absolute atomic E-state index is 0.0443. The minimum atomic E-state index is 0.0443. The Hall–Kier alpha value is -2.62. The van der Waals surface area contributed by atoms with Crippen LogP contribution in [0, 0.1) is 13.8 Å². The summed E-state index contributed by atoms with van der Waals surface area (Å²) in [5, 5.41) is 5.03. The topological polar surface area (TPSA) is 46.3 Å². The fourth-order valence-electron chi connectivity index (χ4n) is 2.94. The number of rotatable bonds is 5. The lowest BCUT2D eigenvalue weighted by Crippen LogP contribution is -2.33. The number of carbonyl (C=O) groups excluding carboxylic acids is 1. The summed E-state index contributed by atoms with van der Waals surface area (Å²) in [6.45, 7) is 6.82. The van der Waals surface area contributed by atoms with Gasteiger partial charge in [0.05, 0.1) is 6.42 Å². The normalized spacial score (nSPS) is 11.0. The molecule has 124 valence electrons. The van der Waals surface area contributed by atoms with Gasteiger partial charge in [0.2, 0.25) is 5.91 Å². The first-order valence-corrected chi connectivity index (χ1v) is 8.31. The van der Waals surface area contributed by atoms with Crippen molar-refractivity contribution in [2.45, 2.75) is 33.6 Å². The quantitative estimate of drug-likeness (QED) is 0.698. The fourth-order valence-corrected chi connectivity index (χ4v) is 2.94. The summed E-state index contributed by atoms with van der Waals surface area (Å²) in [5.41, 5.74) is 4.62. The third-order valence-corrected chi connectivity index (χ3v) is 4.17. The van der Waals surface area contributed by atoms with Gasteiger partial charge in [-0.15, -0.1) is 0 Å². The smallest absolute Gasteiger partial charge is 0.233 e. The first-order chi connectivity index (χ1) is 11.6. The van der Waals surface area contributed by atoms with Gasteiger partial charge < -0.3 is 9.42 Å². The van der Waals surface area contributed by atoms with Crippen molar-refractivity contribution in [3.63, 3.8) is 0 Å². The van der Waals surface area contributed by atoms with Crippen LogP contribution in [-0.2, 0) is 11.2 Å². The van der Waals surface area contributed by atoms with Crippen molar-refractivity contribution in [3.8, 4) is 0 Å². The van der Waals surface area contributed by atoms with Crippen molar-refractivity contribution in [2.24, 2.45) is 0 Å². The molecular weight excluding hydrogens is 300 g/mol. The van der Waals surface area contributed by atoms with Gasteiger partial charge in [-0.2, -0.15) is 0 Å². The summed E-state index contributed by atoms with van der Waals surface area (Å²) in [6.07, 6.45) is 1.14. The van der Waals surface area contributed by atoms with E-state index in [4.69, 9.17) is 4.52 Å². The van der Waals surface area contributed by atoms with Crippen LogP contribution in [0.1, 0.15) is 30.2 Å². The first kappa shape index (κ1) is 16.2. The maximum Gasteiger partial charge on any atom is 0.233 e. The SMILES string of the molecule is CCCN(C(=O)Cc1noc2ccc(C)cc12)c1ccccc1C. The minimum Gasteiger partial charge on any atom is -0.356 e. The summed E-state index contributed by atoms with van der Waals surface area (Å²) >= 11 is 0. The van der Waals surface area contributed by atoms with E-state index in [1.54, 1.807) is 0 Å². The maximum atomic E-state index is 12.9. The molecule has 0 aliphatic carbocycles. The number of para-hydroxylation sites is 1. The first-order valence-electron chi connectivity index (χ1n) is 8.31. The predicted molar refractivity (Wildman–Crippen MR) is 96.3 cm³/mol. The summed E-state index contributed by atoms with van der Waals surface area (Å²) < 4.78 is 5.35. The average molecular weight is 322 g/mol. The van der Waals surface area contributed by atoms with Crippen molar-refractivity contribution in [2.75, 3.05) is 11.4 Å². The van der Waals surface area contributed by atoms with Crippen LogP contribution in [0.15, 0.2) is 47.0 Å². The molecule has 1 aromatic heterocycles. The molecule has 0 radical (unpaired) electrons. The van der Waals surface area contributed by atoms with E-state index in [1.165, 1.54) is 0 Å². The second-order valence-electron chi connectivity index (χ2n) is 6.14. The highest BCUT2D eigenvalue weighted by Crippen LogP contribution is 2.24. The van der Waals surface area contributed by atoms with Crippen LogP contribution in [0.5, 0.6) is 0 Å². The van der Waals surface area contributed by atoms with Gasteiger partial charge in [0.25, 0.3) is 0 Å². The Morgan fingerprint density at radius 3 is 2.71 bits per heavy atom. The van der Waals surface area contributed by atoms with Gasteiger partial charge in [-0.3, -0.25) is 4.79 Å². The number of aromatic nitrogens is 1. The lowest BCUT2D eigenvalue weighted by atomic mass is 10.1. The number of hydrogen-bond donors (Lipinski definition) is 0. The van der Waals surface area contributed by atoms with E-state index in [0.717, 1.165) is 34.2 Å². The Labute approximate surface area is 142 Å². The molecule has 1 amide bonds. The van der Waals surface area contributed by atoms with E-state index in [2.05, 4.69) is 12.1 Å². The molecule has 0 saturated carbocycles. The molecule has 0 N–H and O–H groups in total. The summed E-state index contributed by atoms with van der Waals surface area (Å²) in [7, 11) is 0. The number of fused-ring (bicyclic) bond motifs is 1. The number of anilines is 1. The highest BCUT2D eigenvalue weighted by molar-refractivity contribution is 5.97. The monoisotopic (exact) mass is 322 g/mol. The molecule has 24 heavy (non-hydrogen) atoms. The molecule has 4 heteroatoms. The Morgan fingerprint density at radius 2 is 1.96 bits per heavy atom. The third kappa shape index (κ3) is 3.18. The zero-order chi connectivity index (χ0) is 17.1. The van der Waals surface area contributed by atoms with Gasteiger partial charge in [0, 0.05) is 17.6 Å². The lowest BCUT2D eigenvalue weighted by Gasteiger charge is -2.23. The van der Waals surface area contributed by atoms with Gasteiger partial charge in [-0.1, -0.05) is 41.9 Å². The van der Waals surface area contributed by atoms with Crippen molar-refractivity contribution >= 4 is 22.6 Å². The Bertz CT molecular complexity index is 867. The number of aryl methyl sites for hydroxylation is 2. The third-order valence-electron chi connectivity index (χ3n) is 4.17. The molecule has 0 unspecified atom stereocenters. The van der Waals surface area contributed by atoms with Crippen LogP contribution in [0.4, 0.5) is 5.69 Å². The van der Waals surface area contributed by atoms with Gasteiger partial charge >= 0.3 is 0 Å². The number of carbonyl (C=O) groups is 1. The number of amides is 1. The van der Waals surface area contributed by atoms with Crippen molar-refractivity contribution in [1.29, 1.82) is 0 Å². The molecule has 0 fully saturated rings. The summed E-state index contributed by atoms with van der Waals surface area (Å²) in [4.78, 5) is 14.8. The molecule has 0 saturated heterocycles. The second-order valence-corrected chi connectivity index (χ2v) is 6.14. The van der Waals surface area contributed by atoms with Crippen LogP contribution in [0.3, 0.4) is 0 Å². The van der Waals surface area contributed by atoms with Crippen LogP contribution in [0.2, 0.25) is 0 Å². The Morgan fingerprint density at radius 1 is 1.17 bits per heavy atom. The van der Waals surface area contributed by atoms with Crippen LogP contribution < -0.4 is 4.90 Å². The molecule has 3 rings (SSSR count). The van der Waals surface area contributed by atoms with Crippen LogP contribution in [-0.4, -0.2) is 17.6 Å². The van der Waals surface area contributed by atoms with Gasteiger partial charge in [-0.05, 0) is 44.0 Å². The molecule has 0 aliphatic heterocycles. The summed E-state index contributed by atoms with van der Waals surface area (Å²) in [6, 6.07) is 13.9. The molecule has 2 aromatic carbocycles. The maximum absolute atomic E-state index is 12.9. The van der Waals surface area contributed by atoms with E-state index in [0.29, 0.717) is 12.2 Å². The standard InChI is InChI=1S/C20H22N2O2/c1-4-11-22(18-8-6-5-7-15(18)3)20(23)13-17-16-12-14(2)9-10-19(16)24-21-17/h5-10,12H,4,11,13H2,1-3H3. The molecule has 0 spiro atoms. The summed E-state index contributed by atoms with van der Waals surface area (Å²) in [5.74, 6) is 0.0443. The van der Waals surface area contributed by atoms with Crippen LogP contribution in [0.25, 0.3) is 11.0 Å². The Kier molecular flexibility index (Phi) is 4.65. The number of hydrogen-bond acceptors (Lipinski definition) is 3. The van der Waals surface area contributed by atoms with Crippen LogP contribution >= 0.6 is 0 Å². The van der Waals surface area contributed by atoms with Gasteiger partial charge in [0.1, 0.15) is 5.69 Å². The second kappa shape index (κ2) is 6.87. The molecule has 0 bridgehead atoms. The molecular formula is C20H22N2O2. The number of nitrogens with zero attached hydrogens (tertiary/aromatic N) is 2. The van der Waals surface area contributed by atoms with Crippen molar-refractivity contribution < 1.29 is 9.32 Å². The van der Waals surface area contributed by atoms with E-state index < -0.39 is 0 Å².